The molecular formula is C30H32N8O2S. The summed E-state index contributed by atoms with van der Waals surface area (Å²) in [5.41, 5.74) is 5.64. The van der Waals surface area contributed by atoms with Crippen LogP contribution in [0.4, 0.5) is 17.5 Å². The molecule has 0 aliphatic carbocycles. The van der Waals surface area contributed by atoms with Crippen molar-refractivity contribution in [3.05, 3.63) is 75.7 Å². The van der Waals surface area contributed by atoms with E-state index in [2.05, 4.69) is 38.5 Å². The van der Waals surface area contributed by atoms with Crippen molar-refractivity contribution in [2.45, 2.75) is 20.4 Å². The van der Waals surface area contributed by atoms with Crippen LogP contribution in [0.1, 0.15) is 18.2 Å². The Morgan fingerprint density at radius 3 is 2.73 bits per heavy atom. The van der Waals surface area contributed by atoms with Crippen molar-refractivity contribution in [1.82, 2.24) is 30.0 Å². The number of nitrogens with zero attached hydrogens (tertiary/aromatic N) is 6. The van der Waals surface area contributed by atoms with E-state index >= 15 is 0 Å². The van der Waals surface area contributed by atoms with Crippen LogP contribution in [0.3, 0.4) is 0 Å². The van der Waals surface area contributed by atoms with Crippen molar-refractivity contribution in [2.24, 2.45) is 5.92 Å². The van der Waals surface area contributed by atoms with E-state index in [9.17, 15) is 4.79 Å². The van der Waals surface area contributed by atoms with Crippen LogP contribution in [0.5, 0.6) is 0 Å². The summed E-state index contributed by atoms with van der Waals surface area (Å²) in [4.78, 5) is 26.5. The number of hydrogen-bond donors (Lipinski definition) is 2. The molecule has 10 nitrogen and oxygen atoms in total. The number of piperazine rings is 1. The number of hydrogen-bond acceptors (Lipinski definition) is 10. The van der Waals surface area contributed by atoms with E-state index in [1.54, 1.807) is 12.3 Å². The largest absolute Gasteiger partial charge is 0.439 e. The lowest BCUT2D eigenvalue weighted by Crippen LogP contribution is -2.44. The number of thiophene rings is 1. The van der Waals surface area contributed by atoms with Crippen LogP contribution in [-0.4, -0.2) is 63.9 Å². The highest BCUT2D eigenvalue weighted by atomic mass is 32.1. The molecule has 7 rings (SSSR count). The van der Waals surface area contributed by atoms with Gasteiger partial charge >= 0.3 is 0 Å². The van der Waals surface area contributed by atoms with Gasteiger partial charge in [-0.2, -0.15) is 10.1 Å². The van der Waals surface area contributed by atoms with Crippen molar-refractivity contribution in [3.8, 4) is 16.9 Å². The fraction of sp³-hybridized carbons (Fsp3) is 0.333. The Morgan fingerprint density at radius 1 is 1.15 bits per heavy atom. The highest BCUT2D eigenvalue weighted by Gasteiger charge is 2.23. The van der Waals surface area contributed by atoms with Gasteiger partial charge in [0, 0.05) is 92.5 Å². The minimum absolute atomic E-state index is 0.000918. The van der Waals surface area contributed by atoms with Gasteiger partial charge in [-0.1, -0.05) is 19.1 Å². The Morgan fingerprint density at radius 2 is 1.95 bits per heavy atom. The predicted molar refractivity (Wildman–Crippen MR) is 162 cm³/mol. The maximum absolute atomic E-state index is 12.8. The summed E-state index contributed by atoms with van der Waals surface area (Å²) in [7, 11) is 0. The van der Waals surface area contributed by atoms with Crippen LogP contribution < -0.4 is 21.0 Å². The van der Waals surface area contributed by atoms with E-state index in [1.807, 2.05) is 47.3 Å². The molecule has 4 aromatic heterocycles. The summed E-state index contributed by atoms with van der Waals surface area (Å²) in [6, 6.07) is 11.5. The number of anilines is 3. The molecule has 11 heteroatoms. The number of nitrogens with one attached hydrogen (secondary N) is 2. The number of likely N-dealkylation sites (tertiary alicyclic amines) is 1. The van der Waals surface area contributed by atoms with E-state index in [-0.39, 0.29) is 5.43 Å². The molecule has 0 atom stereocenters. The Kier molecular flexibility index (Phi) is 6.77. The van der Waals surface area contributed by atoms with Crippen LogP contribution in [0.25, 0.3) is 27.2 Å². The van der Waals surface area contributed by atoms with Gasteiger partial charge in [0.05, 0.1) is 5.69 Å². The summed E-state index contributed by atoms with van der Waals surface area (Å²) in [6.07, 6.45) is 3.80. The molecule has 2 saturated heterocycles. The topological polar surface area (TPSA) is 104 Å². The summed E-state index contributed by atoms with van der Waals surface area (Å²) in [5.74, 6) is 2.61. The van der Waals surface area contributed by atoms with Gasteiger partial charge in [0.25, 0.3) is 0 Å². The fourth-order valence-electron chi connectivity index (χ4n) is 5.54. The van der Waals surface area contributed by atoms with Crippen LogP contribution >= 0.6 is 11.3 Å². The second-order valence-electron chi connectivity index (χ2n) is 10.9. The lowest BCUT2D eigenvalue weighted by atomic mass is 10.0. The Hall–Kier alpha value is -4.06. The monoisotopic (exact) mass is 568 g/mol. The van der Waals surface area contributed by atoms with Crippen molar-refractivity contribution in [1.29, 1.82) is 0 Å². The van der Waals surface area contributed by atoms with E-state index < -0.39 is 0 Å². The maximum Gasteiger partial charge on any atom is 0.229 e. The molecule has 0 radical (unpaired) electrons. The molecule has 41 heavy (non-hydrogen) atoms. The third-order valence-electron chi connectivity index (χ3n) is 7.72. The van der Waals surface area contributed by atoms with Crippen LogP contribution in [0.15, 0.2) is 63.4 Å². The SMILES string of the molecule is Cc1nn(-c2ccnc(Nc3ccc(-c4csc5c(=O)cc(N6CCNCC6)oc45)cc3)n2)cc1CN1CC(C)C1. The quantitative estimate of drug-likeness (QED) is 0.295. The average molecular weight is 569 g/mol. The first kappa shape index (κ1) is 25.9. The van der Waals surface area contributed by atoms with Gasteiger partial charge in [0.15, 0.2) is 17.3 Å². The van der Waals surface area contributed by atoms with Crippen molar-refractivity contribution in [3.63, 3.8) is 0 Å². The van der Waals surface area contributed by atoms with E-state index in [0.717, 1.165) is 74.2 Å². The lowest BCUT2D eigenvalue weighted by Gasteiger charge is -2.36. The normalized spacial score (nSPS) is 16.3. The smallest absolute Gasteiger partial charge is 0.229 e. The van der Waals surface area contributed by atoms with Gasteiger partial charge < -0.3 is 20.0 Å². The van der Waals surface area contributed by atoms with Gasteiger partial charge in [-0.3, -0.25) is 9.69 Å². The standard InChI is InChI=1S/C30H32N8O2S/c1-19-14-36(15-19)16-22-17-38(35-20(22)2)26-7-8-32-30(34-26)33-23-5-3-21(4-6-23)24-18-41-29-25(39)13-27(40-28(24)29)37-11-9-31-10-12-37/h3-8,13,17-19,31H,9-12,14-16H2,1-2H3,(H,32,33,34). The van der Waals surface area contributed by atoms with Gasteiger partial charge in [-0.15, -0.1) is 11.3 Å². The second-order valence-corrected chi connectivity index (χ2v) is 11.8. The number of benzene rings is 1. The van der Waals surface area contributed by atoms with E-state index in [1.165, 1.54) is 16.9 Å². The van der Waals surface area contributed by atoms with E-state index in [0.29, 0.717) is 27.9 Å². The molecule has 0 amide bonds. The zero-order chi connectivity index (χ0) is 27.9. The minimum Gasteiger partial charge on any atom is -0.439 e. The third-order valence-corrected chi connectivity index (χ3v) is 8.70. The summed E-state index contributed by atoms with van der Waals surface area (Å²) in [5, 5.41) is 13.3. The molecule has 0 bridgehead atoms. The summed E-state index contributed by atoms with van der Waals surface area (Å²) >= 11 is 1.42. The molecule has 5 aromatic rings. The number of aryl methyl sites for hydroxylation is 1. The van der Waals surface area contributed by atoms with Crippen molar-refractivity contribution < 1.29 is 4.42 Å². The molecule has 1 aromatic carbocycles. The summed E-state index contributed by atoms with van der Waals surface area (Å²) in [6.45, 7) is 10.9. The molecule has 6 heterocycles. The first-order chi connectivity index (χ1) is 20.0. The zero-order valence-electron chi connectivity index (χ0n) is 23.1. The molecule has 0 unspecified atom stereocenters. The van der Waals surface area contributed by atoms with Crippen LogP contribution in [0, 0.1) is 12.8 Å². The Labute approximate surface area is 241 Å². The lowest BCUT2D eigenvalue weighted by molar-refractivity contribution is 0.104. The molecule has 2 aliphatic heterocycles. The molecule has 2 aliphatic rings. The number of fused-ring (bicyclic) bond motifs is 1. The van der Waals surface area contributed by atoms with Crippen molar-refractivity contribution in [2.75, 3.05) is 49.5 Å². The highest BCUT2D eigenvalue weighted by Crippen LogP contribution is 2.35. The average Bonchev–Trinajstić information content (AvgIpc) is 3.57. The van der Waals surface area contributed by atoms with Gasteiger partial charge in [0.2, 0.25) is 11.4 Å². The molecule has 2 N–H and O–H groups in total. The number of aromatic nitrogens is 4. The minimum atomic E-state index is 0.000918. The fourth-order valence-corrected chi connectivity index (χ4v) is 6.45. The van der Waals surface area contributed by atoms with Crippen molar-refractivity contribution >= 4 is 39.1 Å². The molecule has 210 valence electrons. The molecule has 0 saturated carbocycles. The van der Waals surface area contributed by atoms with Gasteiger partial charge in [-0.25, -0.2) is 9.67 Å². The predicted octanol–water partition coefficient (Wildman–Crippen LogP) is 4.41. The zero-order valence-corrected chi connectivity index (χ0v) is 23.9. The third kappa shape index (κ3) is 5.23. The second kappa shape index (κ2) is 10.7. The van der Waals surface area contributed by atoms with Gasteiger partial charge in [-0.05, 0) is 30.5 Å². The molecular weight excluding hydrogens is 536 g/mol. The molecule has 2 fully saturated rings. The Balaban J connectivity index is 1.09. The highest BCUT2D eigenvalue weighted by molar-refractivity contribution is 7.17. The first-order valence-electron chi connectivity index (χ1n) is 14.0. The van der Waals surface area contributed by atoms with Crippen LogP contribution in [-0.2, 0) is 6.54 Å². The summed E-state index contributed by atoms with van der Waals surface area (Å²) < 4.78 is 8.77. The van der Waals surface area contributed by atoms with Gasteiger partial charge in [0.1, 0.15) is 4.70 Å². The maximum atomic E-state index is 12.8. The Bertz CT molecular complexity index is 1750. The van der Waals surface area contributed by atoms with E-state index in [4.69, 9.17) is 14.5 Å². The number of rotatable bonds is 7. The molecule has 0 spiro atoms. The van der Waals surface area contributed by atoms with Crippen LogP contribution in [0.2, 0.25) is 0 Å². The first-order valence-corrected chi connectivity index (χ1v) is 14.9.